The minimum Gasteiger partial charge on any atom is -0.370 e. The lowest BCUT2D eigenvalue weighted by molar-refractivity contribution is -0.341. The van der Waals surface area contributed by atoms with Crippen LogP contribution in [0.5, 0.6) is 0 Å². The summed E-state index contributed by atoms with van der Waals surface area (Å²) in [6.07, 6.45) is 5.31. The largest absolute Gasteiger partial charge is 0.370 e. The Balaban J connectivity index is 2.07. The Hall–Kier alpha value is -0.380. The molecule has 1 aliphatic heterocycles. The highest BCUT2D eigenvalue weighted by atomic mass is 17.2. The second-order valence-corrected chi connectivity index (χ2v) is 3.72. The first-order valence-corrected chi connectivity index (χ1v) is 5.34. The molecule has 0 saturated carbocycles. The first kappa shape index (κ1) is 11.7. The summed E-state index contributed by atoms with van der Waals surface area (Å²) in [4.78, 5) is 10.5. The van der Waals surface area contributed by atoms with Crippen molar-refractivity contribution in [1.29, 1.82) is 0 Å². The summed E-state index contributed by atoms with van der Waals surface area (Å²) in [7, 11) is 0. The van der Waals surface area contributed by atoms with E-state index in [1.165, 1.54) is 12.8 Å². The average Bonchev–Trinajstić information content (AvgIpc) is 2.99. The Morgan fingerprint density at radius 3 is 2.79 bits per heavy atom. The van der Waals surface area contributed by atoms with E-state index in [-0.39, 0.29) is 18.3 Å². The number of epoxide rings is 1. The van der Waals surface area contributed by atoms with Gasteiger partial charge in [0.25, 0.3) is 0 Å². The molecule has 1 rings (SSSR count). The smallest absolute Gasteiger partial charge is 0.139 e. The van der Waals surface area contributed by atoms with Crippen molar-refractivity contribution >= 4 is 0 Å². The van der Waals surface area contributed by atoms with Crippen LogP contribution in [0.4, 0.5) is 0 Å². The van der Waals surface area contributed by atoms with Crippen LogP contribution < -0.4 is 0 Å². The van der Waals surface area contributed by atoms with Crippen LogP contribution in [0.2, 0.25) is 0 Å². The number of rotatable bonds is 8. The summed E-state index contributed by atoms with van der Waals surface area (Å²) in [6.45, 7) is 8.61. The van der Waals surface area contributed by atoms with Gasteiger partial charge >= 0.3 is 0 Å². The normalized spacial score (nSPS) is 24.3. The molecule has 82 valence electrons. The molecule has 1 saturated heterocycles. The monoisotopic (exact) mass is 200 g/mol. The van der Waals surface area contributed by atoms with Crippen molar-refractivity contribution in [2.45, 2.75) is 51.4 Å². The summed E-state index contributed by atoms with van der Waals surface area (Å²) < 4.78 is 5.10. The number of hydrogen-bond donors (Lipinski definition) is 0. The maximum Gasteiger partial charge on any atom is 0.139 e. The minimum absolute atomic E-state index is 0.112. The third-order valence-corrected chi connectivity index (χ3v) is 2.25. The molecule has 1 aliphatic rings. The van der Waals surface area contributed by atoms with E-state index >= 15 is 0 Å². The topological polar surface area (TPSA) is 31.0 Å². The van der Waals surface area contributed by atoms with Gasteiger partial charge in [-0.3, -0.25) is 0 Å². The Morgan fingerprint density at radius 1 is 1.57 bits per heavy atom. The van der Waals surface area contributed by atoms with Crippen molar-refractivity contribution in [1.82, 2.24) is 0 Å². The molecule has 0 aromatic heterocycles. The fourth-order valence-electron chi connectivity index (χ4n) is 1.20. The summed E-state index contributed by atoms with van der Waals surface area (Å²) in [5.41, 5.74) is 0. The van der Waals surface area contributed by atoms with Crippen molar-refractivity contribution in [2.75, 3.05) is 6.61 Å². The van der Waals surface area contributed by atoms with E-state index in [1.807, 2.05) is 6.92 Å². The highest BCUT2D eigenvalue weighted by molar-refractivity contribution is 4.91. The van der Waals surface area contributed by atoms with Crippen LogP contribution in [0, 0.1) is 0 Å². The zero-order valence-electron chi connectivity index (χ0n) is 9.07. The molecule has 1 heterocycles. The average molecular weight is 200 g/mol. The second-order valence-electron chi connectivity index (χ2n) is 3.72. The van der Waals surface area contributed by atoms with E-state index < -0.39 is 0 Å². The third kappa shape index (κ3) is 4.22. The molecule has 0 N–H and O–H groups in total. The van der Waals surface area contributed by atoms with Crippen LogP contribution in [0.15, 0.2) is 12.7 Å². The van der Waals surface area contributed by atoms with Crippen LogP contribution in [0.25, 0.3) is 0 Å². The van der Waals surface area contributed by atoms with Gasteiger partial charge in [-0.2, -0.15) is 0 Å². The van der Waals surface area contributed by atoms with Crippen LogP contribution in [-0.4, -0.2) is 24.9 Å². The van der Waals surface area contributed by atoms with Crippen molar-refractivity contribution in [3.63, 3.8) is 0 Å². The summed E-state index contributed by atoms with van der Waals surface area (Å²) >= 11 is 0. The Morgan fingerprint density at radius 2 is 2.29 bits per heavy atom. The van der Waals surface area contributed by atoms with Gasteiger partial charge in [0.15, 0.2) is 0 Å². The molecule has 0 amide bonds. The van der Waals surface area contributed by atoms with Crippen LogP contribution in [0.3, 0.4) is 0 Å². The molecule has 14 heavy (non-hydrogen) atoms. The number of unbranched alkanes of at least 4 members (excludes halogenated alkanes) is 1. The van der Waals surface area contributed by atoms with Gasteiger partial charge in [-0.25, -0.2) is 9.78 Å². The highest BCUT2D eigenvalue weighted by Crippen LogP contribution is 2.19. The summed E-state index contributed by atoms with van der Waals surface area (Å²) in [5.74, 6) is 0. The highest BCUT2D eigenvalue weighted by Gasteiger charge is 2.32. The predicted octanol–water partition coefficient (Wildman–Crippen LogP) is 2.47. The zero-order valence-corrected chi connectivity index (χ0v) is 9.07. The van der Waals surface area contributed by atoms with Gasteiger partial charge in [-0.05, 0) is 13.3 Å². The Labute approximate surface area is 86.0 Å². The van der Waals surface area contributed by atoms with Gasteiger partial charge in [0.1, 0.15) is 12.2 Å². The quantitative estimate of drug-likeness (QED) is 0.261. The van der Waals surface area contributed by atoms with E-state index in [4.69, 9.17) is 14.5 Å². The van der Waals surface area contributed by atoms with Crippen molar-refractivity contribution in [3.05, 3.63) is 12.7 Å². The van der Waals surface area contributed by atoms with Crippen molar-refractivity contribution in [3.8, 4) is 0 Å². The second kappa shape index (κ2) is 6.17. The van der Waals surface area contributed by atoms with E-state index in [0.29, 0.717) is 0 Å². The van der Waals surface area contributed by atoms with Gasteiger partial charge < -0.3 is 4.74 Å². The molecule has 3 unspecified atom stereocenters. The van der Waals surface area contributed by atoms with E-state index in [9.17, 15) is 0 Å². The lowest BCUT2D eigenvalue weighted by Gasteiger charge is -2.15. The SMILES string of the molecule is C=CC(OOC(C)CCCC)C1CO1. The zero-order chi connectivity index (χ0) is 10.4. The van der Waals surface area contributed by atoms with Crippen LogP contribution >= 0.6 is 0 Å². The molecular weight excluding hydrogens is 180 g/mol. The molecule has 1 fully saturated rings. The first-order valence-electron chi connectivity index (χ1n) is 5.34. The molecule has 3 atom stereocenters. The molecule has 0 radical (unpaired) electrons. The molecular formula is C11H20O3. The summed E-state index contributed by atoms with van der Waals surface area (Å²) in [5, 5.41) is 0. The Kier molecular flexibility index (Phi) is 5.15. The molecule has 3 heteroatoms. The molecule has 0 aliphatic carbocycles. The standard InChI is InChI=1S/C11H20O3/c1-4-6-7-9(3)13-14-10(5-2)11-8-12-11/h5,9-11H,2,4,6-8H2,1,3H3. The molecule has 0 aromatic rings. The molecule has 3 nitrogen and oxygen atoms in total. The lowest BCUT2D eigenvalue weighted by atomic mass is 10.2. The lowest BCUT2D eigenvalue weighted by Crippen LogP contribution is -2.20. The van der Waals surface area contributed by atoms with Crippen LogP contribution in [0.1, 0.15) is 33.1 Å². The first-order chi connectivity index (χ1) is 6.77. The van der Waals surface area contributed by atoms with E-state index in [1.54, 1.807) is 6.08 Å². The van der Waals surface area contributed by atoms with Crippen molar-refractivity contribution < 1.29 is 14.5 Å². The van der Waals surface area contributed by atoms with Crippen molar-refractivity contribution in [2.24, 2.45) is 0 Å². The third-order valence-electron chi connectivity index (χ3n) is 2.25. The van der Waals surface area contributed by atoms with Gasteiger partial charge in [0.05, 0.1) is 12.7 Å². The predicted molar refractivity (Wildman–Crippen MR) is 54.9 cm³/mol. The fourth-order valence-corrected chi connectivity index (χ4v) is 1.20. The summed E-state index contributed by atoms with van der Waals surface area (Å²) in [6, 6.07) is 0. The van der Waals surface area contributed by atoms with Gasteiger partial charge in [0.2, 0.25) is 0 Å². The molecule has 0 spiro atoms. The molecule has 0 aromatic carbocycles. The van der Waals surface area contributed by atoms with E-state index in [0.717, 1.165) is 13.0 Å². The molecule has 0 bridgehead atoms. The number of ether oxygens (including phenoxy) is 1. The number of hydrogen-bond acceptors (Lipinski definition) is 3. The Bertz CT molecular complexity index is 166. The maximum atomic E-state index is 5.25. The fraction of sp³-hybridized carbons (Fsp3) is 0.818. The van der Waals surface area contributed by atoms with Gasteiger partial charge in [0, 0.05) is 0 Å². The van der Waals surface area contributed by atoms with Gasteiger partial charge in [-0.15, -0.1) is 6.58 Å². The van der Waals surface area contributed by atoms with Gasteiger partial charge in [-0.1, -0.05) is 25.8 Å². The maximum absolute atomic E-state index is 5.25. The van der Waals surface area contributed by atoms with Crippen LogP contribution in [-0.2, 0) is 14.5 Å². The minimum atomic E-state index is -0.112. The van der Waals surface area contributed by atoms with E-state index in [2.05, 4.69) is 13.5 Å².